The fourth-order valence-electron chi connectivity index (χ4n) is 2.89. The Balaban J connectivity index is 1.47. The first-order chi connectivity index (χ1) is 13.9. The standard InChI is InChI=1S/C22H26N2O5/c1-22(2,20(25)23-11-10-15-4-7-17(27-3)8-5-15)21(26)24-13-16-6-9-18-19(12-16)29-14-28-18/h4-9,12H,10-11,13-14H2,1-3H3,(H,23,25)(H,24,26). The molecule has 2 amide bonds. The number of carbonyl (C=O) groups excluding carboxylic acids is 2. The number of hydrogen-bond donors (Lipinski definition) is 2. The monoisotopic (exact) mass is 398 g/mol. The first kappa shape index (κ1) is 20.5. The van der Waals surface area contributed by atoms with Gasteiger partial charge in [-0.3, -0.25) is 9.59 Å². The number of ether oxygens (including phenoxy) is 3. The summed E-state index contributed by atoms with van der Waals surface area (Å²) in [7, 11) is 1.62. The molecule has 0 unspecified atom stereocenters. The molecule has 1 aliphatic heterocycles. The molecule has 0 atom stereocenters. The van der Waals surface area contributed by atoms with Gasteiger partial charge >= 0.3 is 0 Å². The lowest BCUT2D eigenvalue weighted by molar-refractivity contribution is -0.141. The Morgan fingerprint density at radius 1 is 0.966 bits per heavy atom. The Hall–Kier alpha value is -3.22. The molecule has 0 radical (unpaired) electrons. The molecule has 2 N–H and O–H groups in total. The molecule has 1 heterocycles. The average molecular weight is 398 g/mol. The van der Waals surface area contributed by atoms with E-state index in [-0.39, 0.29) is 18.6 Å². The second-order valence-corrected chi connectivity index (χ2v) is 7.35. The fourth-order valence-corrected chi connectivity index (χ4v) is 2.89. The van der Waals surface area contributed by atoms with Crippen molar-refractivity contribution in [1.82, 2.24) is 10.6 Å². The summed E-state index contributed by atoms with van der Waals surface area (Å²) in [6.07, 6.45) is 0.671. The van der Waals surface area contributed by atoms with E-state index in [1.165, 1.54) is 0 Å². The van der Waals surface area contributed by atoms with E-state index in [1.54, 1.807) is 27.0 Å². The van der Waals surface area contributed by atoms with Gasteiger partial charge in [0.1, 0.15) is 11.2 Å². The summed E-state index contributed by atoms with van der Waals surface area (Å²) < 4.78 is 15.7. The summed E-state index contributed by atoms with van der Waals surface area (Å²) in [5.41, 5.74) is 0.769. The van der Waals surface area contributed by atoms with Crippen molar-refractivity contribution in [3.05, 3.63) is 53.6 Å². The van der Waals surface area contributed by atoms with E-state index in [2.05, 4.69) is 10.6 Å². The van der Waals surface area contributed by atoms with Crippen LogP contribution in [-0.2, 0) is 22.6 Å². The maximum atomic E-state index is 12.6. The van der Waals surface area contributed by atoms with Crippen molar-refractivity contribution in [2.45, 2.75) is 26.8 Å². The highest BCUT2D eigenvalue weighted by Crippen LogP contribution is 2.32. The number of carbonyl (C=O) groups is 2. The molecule has 0 saturated heterocycles. The van der Waals surface area contributed by atoms with Crippen molar-refractivity contribution in [2.75, 3.05) is 20.4 Å². The fraction of sp³-hybridized carbons (Fsp3) is 0.364. The van der Waals surface area contributed by atoms with Gasteiger partial charge in [0, 0.05) is 13.1 Å². The highest BCUT2D eigenvalue weighted by Gasteiger charge is 2.35. The van der Waals surface area contributed by atoms with E-state index < -0.39 is 5.41 Å². The van der Waals surface area contributed by atoms with Gasteiger partial charge in [0.2, 0.25) is 18.6 Å². The van der Waals surface area contributed by atoms with Crippen molar-refractivity contribution in [3.8, 4) is 17.2 Å². The van der Waals surface area contributed by atoms with E-state index in [4.69, 9.17) is 14.2 Å². The van der Waals surface area contributed by atoms with Gasteiger partial charge in [0.05, 0.1) is 7.11 Å². The summed E-state index contributed by atoms with van der Waals surface area (Å²) in [6, 6.07) is 13.2. The Kier molecular flexibility index (Phi) is 6.26. The molecule has 0 aromatic heterocycles. The van der Waals surface area contributed by atoms with Crippen LogP contribution in [0, 0.1) is 5.41 Å². The lowest BCUT2D eigenvalue weighted by atomic mass is 9.91. The second kappa shape index (κ2) is 8.86. The number of nitrogens with one attached hydrogen (secondary N) is 2. The number of hydrogen-bond acceptors (Lipinski definition) is 5. The molecule has 154 valence electrons. The minimum atomic E-state index is -1.18. The molecule has 1 aliphatic rings. The zero-order valence-corrected chi connectivity index (χ0v) is 16.9. The summed E-state index contributed by atoms with van der Waals surface area (Å²) in [6.45, 7) is 4.19. The Labute approximate surface area is 170 Å². The molecule has 2 aromatic rings. The van der Waals surface area contributed by atoms with E-state index in [0.717, 1.165) is 16.9 Å². The highest BCUT2D eigenvalue weighted by atomic mass is 16.7. The van der Waals surface area contributed by atoms with E-state index in [1.807, 2.05) is 36.4 Å². The molecule has 0 spiro atoms. The summed E-state index contributed by atoms with van der Waals surface area (Å²) in [5.74, 6) is 1.49. The Morgan fingerprint density at radius 2 is 1.62 bits per heavy atom. The molecule has 0 fully saturated rings. The van der Waals surface area contributed by atoms with Crippen LogP contribution < -0.4 is 24.8 Å². The van der Waals surface area contributed by atoms with Gasteiger partial charge in [-0.2, -0.15) is 0 Å². The normalized spacial score (nSPS) is 12.4. The number of amides is 2. The van der Waals surface area contributed by atoms with Crippen LogP contribution in [0.5, 0.6) is 17.2 Å². The van der Waals surface area contributed by atoms with Gasteiger partial charge in [-0.15, -0.1) is 0 Å². The maximum absolute atomic E-state index is 12.6. The zero-order chi connectivity index (χ0) is 20.9. The zero-order valence-electron chi connectivity index (χ0n) is 16.9. The first-order valence-corrected chi connectivity index (χ1v) is 9.48. The van der Waals surface area contributed by atoms with E-state index in [9.17, 15) is 9.59 Å². The van der Waals surface area contributed by atoms with Crippen molar-refractivity contribution in [2.24, 2.45) is 5.41 Å². The summed E-state index contributed by atoms with van der Waals surface area (Å²) >= 11 is 0. The third-order valence-electron chi connectivity index (χ3n) is 4.88. The molecule has 7 nitrogen and oxygen atoms in total. The average Bonchev–Trinajstić information content (AvgIpc) is 3.20. The molecular formula is C22H26N2O5. The summed E-state index contributed by atoms with van der Waals surface area (Å²) in [4.78, 5) is 25.1. The molecule has 0 bridgehead atoms. The first-order valence-electron chi connectivity index (χ1n) is 9.48. The van der Waals surface area contributed by atoms with Crippen molar-refractivity contribution in [1.29, 1.82) is 0 Å². The van der Waals surface area contributed by atoms with E-state index >= 15 is 0 Å². The van der Waals surface area contributed by atoms with Crippen LogP contribution in [0.25, 0.3) is 0 Å². The predicted octanol–water partition coefficient (Wildman–Crippen LogP) is 2.43. The predicted molar refractivity (Wildman–Crippen MR) is 108 cm³/mol. The minimum absolute atomic E-state index is 0.203. The highest BCUT2D eigenvalue weighted by molar-refractivity contribution is 6.04. The van der Waals surface area contributed by atoms with Crippen LogP contribution in [0.1, 0.15) is 25.0 Å². The smallest absolute Gasteiger partial charge is 0.235 e. The molecule has 0 aliphatic carbocycles. The molecule has 29 heavy (non-hydrogen) atoms. The molecule has 7 heteroatoms. The van der Waals surface area contributed by atoms with Crippen LogP contribution in [0.4, 0.5) is 0 Å². The van der Waals surface area contributed by atoms with Gasteiger partial charge < -0.3 is 24.8 Å². The SMILES string of the molecule is COc1ccc(CCNC(=O)C(C)(C)C(=O)NCc2ccc3c(c2)OCO3)cc1. The van der Waals surface area contributed by atoms with Crippen LogP contribution in [0.15, 0.2) is 42.5 Å². The Bertz CT molecular complexity index is 877. The number of benzene rings is 2. The Morgan fingerprint density at radius 3 is 2.34 bits per heavy atom. The van der Waals surface area contributed by atoms with Crippen molar-refractivity contribution < 1.29 is 23.8 Å². The summed E-state index contributed by atoms with van der Waals surface area (Å²) in [5, 5.41) is 5.67. The van der Waals surface area contributed by atoms with Crippen LogP contribution in [-0.4, -0.2) is 32.3 Å². The van der Waals surface area contributed by atoms with E-state index in [0.29, 0.717) is 31.0 Å². The minimum Gasteiger partial charge on any atom is -0.497 e. The number of fused-ring (bicyclic) bond motifs is 1. The third kappa shape index (κ3) is 4.99. The van der Waals surface area contributed by atoms with Gasteiger partial charge in [-0.1, -0.05) is 18.2 Å². The van der Waals surface area contributed by atoms with Crippen molar-refractivity contribution >= 4 is 11.8 Å². The third-order valence-corrected chi connectivity index (χ3v) is 4.88. The maximum Gasteiger partial charge on any atom is 0.235 e. The number of rotatable bonds is 8. The van der Waals surface area contributed by atoms with Crippen LogP contribution >= 0.6 is 0 Å². The molecule has 3 rings (SSSR count). The lowest BCUT2D eigenvalue weighted by Crippen LogP contribution is -2.48. The molecule has 0 saturated carbocycles. The lowest BCUT2D eigenvalue weighted by Gasteiger charge is -2.23. The topological polar surface area (TPSA) is 85.9 Å². The van der Waals surface area contributed by atoms with Gasteiger partial charge in [-0.05, 0) is 55.7 Å². The second-order valence-electron chi connectivity index (χ2n) is 7.35. The molecular weight excluding hydrogens is 372 g/mol. The van der Waals surface area contributed by atoms with Crippen LogP contribution in [0.2, 0.25) is 0 Å². The van der Waals surface area contributed by atoms with Crippen molar-refractivity contribution in [3.63, 3.8) is 0 Å². The van der Waals surface area contributed by atoms with Gasteiger partial charge in [0.15, 0.2) is 11.5 Å². The number of methoxy groups -OCH3 is 1. The van der Waals surface area contributed by atoms with Crippen LogP contribution in [0.3, 0.4) is 0 Å². The largest absolute Gasteiger partial charge is 0.497 e. The quantitative estimate of drug-likeness (QED) is 0.667. The van der Waals surface area contributed by atoms with Gasteiger partial charge in [-0.25, -0.2) is 0 Å². The molecule has 2 aromatic carbocycles. The van der Waals surface area contributed by atoms with Gasteiger partial charge in [0.25, 0.3) is 0 Å².